The number of carbonyl (C=O) groups is 1. The molecule has 150 valence electrons. The van der Waals surface area contributed by atoms with E-state index < -0.39 is 5.97 Å². The topological polar surface area (TPSA) is 89.2 Å². The quantitative estimate of drug-likeness (QED) is 0.826. The molecule has 0 saturated heterocycles. The largest absolute Gasteiger partial charge is 0.481 e. The molecule has 1 aliphatic heterocycles. The van der Waals surface area contributed by atoms with Gasteiger partial charge in [-0.25, -0.2) is 14.0 Å². The van der Waals surface area contributed by atoms with Gasteiger partial charge < -0.3 is 10.4 Å². The lowest BCUT2D eigenvalue weighted by Crippen LogP contribution is -2.30. The zero-order valence-electron chi connectivity index (χ0n) is 16.1. The van der Waals surface area contributed by atoms with Gasteiger partial charge in [-0.3, -0.25) is 4.79 Å². The van der Waals surface area contributed by atoms with E-state index in [1.165, 1.54) is 11.1 Å². The minimum absolute atomic E-state index is 0.0827. The molecule has 0 unspecified atom stereocenters. The molecule has 0 atom stereocenters. The Balaban J connectivity index is 1.47. The van der Waals surface area contributed by atoms with Crippen molar-refractivity contribution in [1.29, 1.82) is 0 Å². The summed E-state index contributed by atoms with van der Waals surface area (Å²) in [7, 11) is 0. The molecule has 0 bridgehead atoms. The maximum Gasteiger partial charge on any atom is 0.350 e. The van der Waals surface area contributed by atoms with Crippen molar-refractivity contribution in [3.8, 4) is 5.69 Å². The number of carboxylic acid groups (broad SMARTS) is 1. The summed E-state index contributed by atoms with van der Waals surface area (Å²) in [4.78, 5) is 23.7. The second kappa shape index (κ2) is 8.31. The first-order valence-corrected chi connectivity index (χ1v) is 10.3. The Hall–Kier alpha value is -2.41. The molecule has 0 radical (unpaired) electrons. The number of hydrogen-bond acceptors (Lipinski definition) is 4. The van der Waals surface area contributed by atoms with Gasteiger partial charge in [-0.1, -0.05) is 6.07 Å². The van der Waals surface area contributed by atoms with E-state index in [-0.39, 0.29) is 18.2 Å². The van der Waals surface area contributed by atoms with Crippen LogP contribution in [-0.4, -0.2) is 38.5 Å². The molecule has 1 fully saturated rings. The predicted octanol–water partition coefficient (Wildman–Crippen LogP) is 2.32. The van der Waals surface area contributed by atoms with Crippen LogP contribution >= 0.6 is 0 Å². The van der Waals surface area contributed by atoms with E-state index in [1.807, 2.05) is 6.07 Å². The third-order valence-electron chi connectivity index (χ3n) is 6.23. The molecule has 2 heterocycles. The standard InChI is InChI=1S/C21H28N4O3/c26-20(27)8-3-15-1-5-18(6-2-15)25-21(28)24(14-23-25)19-7-4-16-9-11-22-12-10-17(16)13-19/h4,7,13-15,18,22H,1-3,5-6,8-12H2,(H,26,27). The number of nitrogens with zero attached hydrogens (tertiary/aromatic N) is 3. The lowest BCUT2D eigenvalue weighted by molar-refractivity contribution is -0.137. The summed E-state index contributed by atoms with van der Waals surface area (Å²) < 4.78 is 3.27. The molecule has 1 aliphatic carbocycles. The summed E-state index contributed by atoms with van der Waals surface area (Å²) in [6.45, 7) is 1.97. The molecule has 28 heavy (non-hydrogen) atoms. The second-order valence-electron chi connectivity index (χ2n) is 8.04. The Morgan fingerprint density at radius 3 is 2.64 bits per heavy atom. The third kappa shape index (κ3) is 4.04. The van der Waals surface area contributed by atoms with E-state index in [4.69, 9.17) is 5.11 Å². The van der Waals surface area contributed by atoms with E-state index in [2.05, 4.69) is 22.5 Å². The van der Waals surface area contributed by atoms with Crippen molar-refractivity contribution in [1.82, 2.24) is 19.7 Å². The highest BCUT2D eigenvalue weighted by Gasteiger charge is 2.25. The predicted molar refractivity (Wildman–Crippen MR) is 106 cm³/mol. The summed E-state index contributed by atoms with van der Waals surface area (Å²) in [5, 5.41) is 16.7. The molecule has 0 amide bonds. The van der Waals surface area contributed by atoms with Gasteiger partial charge in [0, 0.05) is 6.42 Å². The van der Waals surface area contributed by atoms with Gasteiger partial charge in [0.15, 0.2) is 0 Å². The number of aromatic nitrogens is 3. The highest BCUT2D eigenvalue weighted by atomic mass is 16.4. The summed E-state index contributed by atoms with van der Waals surface area (Å²) in [5.41, 5.74) is 3.46. The first kappa shape index (κ1) is 18.9. The maximum absolute atomic E-state index is 13.0. The first-order chi connectivity index (χ1) is 13.6. The van der Waals surface area contributed by atoms with Crippen LogP contribution in [0.5, 0.6) is 0 Å². The van der Waals surface area contributed by atoms with Gasteiger partial charge in [-0.05, 0) is 87.2 Å². The van der Waals surface area contributed by atoms with Gasteiger partial charge in [0.1, 0.15) is 6.33 Å². The molecule has 7 heteroatoms. The smallest absolute Gasteiger partial charge is 0.350 e. The van der Waals surface area contributed by atoms with E-state index in [9.17, 15) is 9.59 Å². The van der Waals surface area contributed by atoms with Gasteiger partial charge in [-0.2, -0.15) is 5.10 Å². The lowest BCUT2D eigenvalue weighted by Gasteiger charge is -2.27. The minimum atomic E-state index is -0.728. The van der Waals surface area contributed by atoms with E-state index in [1.54, 1.807) is 15.6 Å². The van der Waals surface area contributed by atoms with Crippen molar-refractivity contribution in [3.63, 3.8) is 0 Å². The van der Waals surface area contributed by atoms with Crippen LogP contribution in [0.25, 0.3) is 5.69 Å². The molecule has 2 aromatic rings. The Kier molecular flexibility index (Phi) is 5.62. The number of nitrogens with one attached hydrogen (secondary N) is 1. The van der Waals surface area contributed by atoms with Crippen LogP contribution in [-0.2, 0) is 17.6 Å². The molecule has 4 rings (SSSR count). The van der Waals surface area contributed by atoms with E-state index in [0.717, 1.165) is 63.7 Å². The van der Waals surface area contributed by atoms with Crippen LogP contribution in [0, 0.1) is 5.92 Å². The maximum atomic E-state index is 13.0. The van der Waals surface area contributed by atoms with Gasteiger partial charge in [-0.15, -0.1) is 0 Å². The molecule has 1 aromatic carbocycles. The fraction of sp³-hybridized carbons (Fsp3) is 0.571. The van der Waals surface area contributed by atoms with Crippen LogP contribution in [0.15, 0.2) is 29.3 Å². The summed E-state index contributed by atoms with van der Waals surface area (Å²) in [6.07, 6.45) is 8.30. The van der Waals surface area contributed by atoms with Crippen molar-refractivity contribution >= 4 is 5.97 Å². The number of aliphatic carboxylic acids is 1. The first-order valence-electron chi connectivity index (χ1n) is 10.3. The second-order valence-corrected chi connectivity index (χ2v) is 8.04. The van der Waals surface area contributed by atoms with Gasteiger partial charge in [0.2, 0.25) is 0 Å². The molecule has 2 N–H and O–H groups in total. The average Bonchev–Trinajstić information content (AvgIpc) is 2.93. The molecule has 7 nitrogen and oxygen atoms in total. The zero-order valence-corrected chi connectivity index (χ0v) is 16.1. The Morgan fingerprint density at radius 2 is 1.89 bits per heavy atom. The Labute approximate surface area is 164 Å². The van der Waals surface area contributed by atoms with Crippen LogP contribution in [0.4, 0.5) is 0 Å². The third-order valence-corrected chi connectivity index (χ3v) is 6.23. The van der Waals surface area contributed by atoms with Crippen LogP contribution in [0.3, 0.4) is 0 Å². The van der Waals surface area contributed by atoms with Crippen molar-refractivity contribution in [2.75, 3.05) is 13.1 Å². The molecule has 1 saturated carbocycles. The average molecular weight is 384 g/mol. The van der Waals surface area contributed by atoms with Gasteiger partial charge in [0.25, 0.3) is 0 Å². The minimum Gasteiger partial charge on any atom is -0.481 e. The SMILES string of the molecule is O=C(O)CCC1CCC(n2ncn(-c3ccc4c(c3)CCNCC4)c2=O)CC1. The van der Waals surface area contributed by atoms with E-state index >= 15 is 0 Å². The Morgan fingerprint density at radius 1 is 1.14 bits per heavy atom. The fourth-order valence-electron chi connectivity index (χ4n) is 4.56. The molecule has 1 aromatic heterocycles. The van der Waals surface area contributed by atoms with Crippen LogP contribution in [0.1, 0.15) is 55.7 Å². The number of hydrogen-bond donors (Lipinski definition) is 2. The summed E-state index contributed by atoms with van der Waals surface area (Å²) in [6, 6.07) is 6.38. The molecular weight excluding hydrogens is 356 g/mol. The highest BCUT2D eigenvalue weighted by molar-refractivity contribution is 5.66. The number of benzene rings is 1. The lowest BCUT2D eigenvalue weighted by atomic mass is 9.83. The van der Waals surface area contributed by atoms with Crippen LogP contribution < -0.4 is 11.0 Å². The zero-order chi connectivity index (χ0) is 19.5. The van der Waals surface area contributed by atoms with Gasteiger partial charge in [0.05, 0.1) is 11.7 Å². The van der Waals surface area contributed by atoms with E-state index in [0.29, 0.717) is 5.92 Å². The van der Waals surface area contributed by atoms with Crippen LogP contribution in [0.2, 0.25) is 0 Å². The van der Waals surface area contributed by atoms with Gasteiger partial charge >= 0.3 is 11.7 Å². The Bertz CT molecular complexity index is 893. The van der Waals surface area contributed by atoms with Crippen molar-refractivity contribution < 1.29 is 9.90 Å². The number of fused-ring (bicyclic) bond motifs is 1. The number of carboxylic acids is 1. The van der Waals surface area contributed by atoms with Crippen molar-refractivity contribution in [2.24, 2.45) is 5.92 Å². The molecule has 2 aliphatic rings. The monoisotopic (exact) mass is 384 g/mol. The number of rotatable bonds is 5. The molecule has 0 spiro atoms. The van der Waals surface area contributed by atoms with Crippen molar-refractivity contribution in [3.05, 3.63) is 46.1 Å². The van der Waals surface area contributed by atoms with Crippen molar-refractivity contribution in [2.45, 2.75) is 57.4 Å². The molecular formula is C21H28N4O3. The highest BCUT2D eigenvalue weighted by Crippen LogP contribution is 2.33. The normalized spacial score (nSPS) is 22.4. The summed E-state index contributed by atoms with van der Waals surface area (Å²) in [5.74, 6) is -0.281. The summed E-state index contributed by atoms with van der Waals surface area (Å²) >= 11 is 0. The fourth-order valence-corrected chi connectivity index (χ4v) is 4.56.